The van der Waals surface area contributed by atoms with Crippen molar-refractivity contribution in [1.82, 2.24) is 4.90 Å². The van der Waals surface area contributed by atoms with Crippen LogP contribution >= 0.6 is 0 Å². The Morgan fingerprint density at radius 1 is 1.12 bits per heavy atom. The van der Waals surface area contributed by atoms with Gasteiger partial charge in [-0.25, -0.2) is 4.79 Å². The maximum Gasteiger partial charge on any atom is 0.416 e. The molecule has 2 unspecified atom stereocenters. The molecule has 11 heteroatoms. The molecule has 0 radical (unpaired) electrons. The van der Waals surface area contributed by atoms with Gasteiger partial charge in [0.15, 0.2) is 17.4 Å². The third-order valence-corrected chi connectivity index (χ3v) is 5.61. The van der Waals surface area contributed by atoms with Gasteiger partial charge in [-0.05, 0) is 36.2 Å². The van der Waals surface area contributed by atoms with Gasteiger partial charge in [0, 0.05) is 11.8 Å². The summed E-state index contributed by atoms with van der Waals surface area (Å²) < 4.78 is 50.2. The summed E-state index contributed by atoms with van der Waals surface area (Å²) in [4.78, 5) is 40.2. The van der Waals surface area contributed by atoms with Gasteiger partial charge in [-0.15, -0.1) is 0 Å². The van der Waals surface area contributed by atoms with E-state index in [-0.39, 0.29) is 23.4 Å². The number of aliphatic carboxylic acids is 1. The van der Waals surface area contributed by atoms with Crippen molar-refractivity contribution in [1.29, 1.82) is 0 Å². The standard InChI is InChI=1S/C23H23F3N2O6/c1-4-17(13-6-5-7-14(10-13)23(24,25)26)28-20(29)16(21(30)31)12-27(22(28)32)15-8-9-18(33-2)19(11-15)34-3/h5-11,16-17H,4,12H2,1-3H3,(H,30,31). The van der Waals surface area contributed by atoms with Gasteiger partial charge in [0.1, 0.15) is 0 Å². The van der Waals surface area contributed by atoms with Crippen LogP contribution in [0.25, 0.3) is 0 Å². The van der Waals surface area contributed by atoms with Crippen LogP contribution in [-0.4, -0.2) is 48.7 Å². The number of nitrogens with zero attached hydrogens (tertiary/aromatic N) is 2. The van der Waals surface area contributed by atoms with Gasteiger partial charge >= 0.3 is 18.2 Å². The molecule has 0 aromatic heterocycles. The molecule has 3 rings (SSSR count). The number of hydrogen-bond acceptors (Lipinski definition) is 5. The molecule has 1 fully saturated rings. The molecule has 0 saturated carbocycles. The van der Waals surface area contributed by atoms with Crippen molar-refractivity contribution in [2.75, 3.05) is 25.7 Å². The lowest BCUT2D eigenvalue weighted by Gasteiger charge is -2.41. The molecule has 2 atom stereocenters. The number of ether oxygens (including phenoxy) is 2. The molecule has 1 heterocycles. The number of benzene rings is 2. The third kappa shape index (κ3) is 4.63. The average molecular weight is 480 g/mol. The summed E-state index contributed by atoms with van der Waals surface area (Å²) >= 11 is 0. The van der Waals surface area contributed by atoms with Crippen LogP contribution < -0.4 is 14.4 Å². The summed E-state index contributed by atoms with van der Waals surface area (Å²) in [6, 6.07) is 6.81. The van der Waals surface area contributed by atoms with Crippen molar-refractivity contribution in [2.45, 2.75) is 25.6 Å². The van der Waals surface area contributed by atoms with Gasteiger partial charge in [-0.1, -0.05) is 19.1 Å². The number of rotatable bonds is 7. The van der Waals surface area contributed by atoms with Crippen LogP contribution in [0, 0.1) is 5.92 Å². The number of carbonyl (C=O) groups is 3. The zero-order valence-electron chi connectivity index (χ0n) is 18.6. The van der Waals surface area contributed by atoms with Gasteiger partial charge in [0.25, 0.3) is 0 Å². The summed E-state index contributed by atoms with van der Waals surface area (Å²) in [5.41, 5.74) is -0.630. The highest BCUT2D eigenvalue weighted by atomic mass is 19.4. The Hall–Kier alpha value is -3.76. The van der Waals surface area contributed by atoms with Crippen molar-refractivity contribution < 1.29 is 42.1 Å². The highest BCUT2D eigenvalue weighted by Crippen LogP contribution is 2.38. The summed E-state index contributed by atoms with van der Waals surface area (Å²) in [5.74, 6) is -3.40. The number of carboxylic acids is 1. The van der Waals surface area contributed by atoms with E-state index < -0.39 is 48.2 Å². The lowest BCUT2D eigenvalue weighted by Crippen LogP contribution is -2.59. The van der Waals surface area contributed by atoms with E-state index >= 15 is 0 Å². The molecular formula is C23H23F3N2O6. The van der Waals surface area contributed by atoms with Crippen LogP contribution in [0.2, 0.25) is 0 Å². The first-order chi connectivity index (χ1) is 16.0. The number of imide groups is 1. The first kappa shape index (κ1) is 24.9. The molecular weight excluding hydrogens is 457 g/mol. The Labute approximate surface area is 193 Å². The smallest absolute Gasteiger partial charge is 0.416 e. The zero-order valence-corrected chi connectivity index (χ0v) is 18.6. The summed E-state index contributed by atoms with van der Waals surface area (Å²) in [5, 5.41) is 9.66. The molecule has 2 aromatic carbocycles. The van der Waals surface area contributed by atoms with Crippen molar-refractivity contribution in [2.24, 2.45) is 5.92 Å². The molecule has 2 aromatic rings. The maximum absolute atomic E-state index is 13.5. The van der Waals surface area contributed by atoms with Crippen LogP contribution in [-0.2, 0) is 15.8 Å². The fourth-order valence-electron chi connectivity index (χ4n) is 3.90. The monoisotopic (exact) mass is 480 g/mol. The minimum Gasteiger partial charge on any atom is -0.493 e. The lowest BCUT2D eigenvalue weighted by atomic mass is 9.96. The molecule has 0 spiro atoms. The number of carboxylic acid groups (broad SMARTS) is 1. The number of halogens is 3. The van der Waals surface area contributed by atoms with Crippen LogP contribution in [0.15, 0.2) is 42.5 Å². The van der Waals surface area contributed by atoms with Gasteiger partial charge < -0.3 is 14.6 Å². The molecule has 1 aliphatic rings. The molecule has 0 bridgehead atoms. The number of hydrogen-bond donors (Lipinski definition) is 1. The molecule has 0 aliphatic carbocycles. The molecule has 34 heavy (non-hydrogen) atoms. The van der Waals surface area contributed by atoms with Gasteiger partial charge in [-0.3, -0.25) is 19.4 Å². The first-order valence-corrected chi connectivity index (χ1v) is 10.3. The fraction of sp³-hybridized carbons (Fsp3) is 0.348. The van der Waals surface area contributed by atoms with Crippen LogP contribution in [0.3, 0.4) is 0 Å². The molecule has 3 amide bonds. The number of urea groups is 1. The van der Waals surface area contributed by atoms with Crippen LogP contribution in [0.5, 0.6) is 11.5 Å². The van der Waals surface area contributed by atoms with E-state index in [4.69, 9.17) is 9.47 Å². The Morgan fingerprint density at radius 2 is 1.79 bits per heavy atom. The topological polar surface area (TPSA) is 96.4 Å². The van der Waals surface area contributed by atoms with Crippen LogP contribution in [0.4, 0.5) is 23.7 Å². The second-order valence-electron chi connectivity index (χ2n) is 7.58. The lowest BCUT2D eigenvalue weighted by molar-refractivity contribution is -0.151. The van der Waals surface area contributed by atoms with Crippen molar-refractivity contribution in [3.63, 3.8) is 0 Å². The Balaban J connectivity index is 2.09. The normalized spacial score (nSPS) is 17.5. The van der Waals surface area contributed by atoms with Crippen molar-refractivity contribution >= 4 is 23.6 Å². The Kier molecular flexibility index (Phi) is 7.04. The van der Waals surface area contributed by atoms with E-state index in [1.165, 1.54) is 44.6 Å². The predicted octanol–water partition coefficient (Wildman–Crippen LogP) is 4.34. The zero-order chi connectivity index (χ0) is 25.2. The Morgan fingerprint density at radius 3 is 2.35 bits per heavy atom. The second kappa shape index (κ2) is 9.62. The number of amides is 3. The van der Waals surface area contributed by atoms with Crippen LogP contribution in [0.1, 0.15) is 30.5 Å². The quantitative estimate of drug-likeness (QED) is 0.593. The highest BCUT2D eigenvalue weighted by Gasteiger charge is 2.46. The summed E-state index contributed by atoms with van der Waals surface area (Å²) in [6.07, 6.45) is -4.55. The SMILES string of the molecule is CCC(c1cccc(C(F)(F)F)c1)N1C(=O)C(C(=O)O)CN(c2ccc(OC)c(OC)c2)C1=O. The van der Waals surface area contributed by atoms with Crippen molar-refractivity contribution in [3.8, 4) is 11.5 Å². The molecule has 182 valence electrons. The Bertz CT molecular complexity index is 1100. The van der Waals surface area contributed by atoms with E-state index in [0.717, 1.165) is 21.9 Å². The number of methoxy groups -OCH3 is 2. The van der Waals surface area contributed by atoms with E-state index in [0.29, 0.717) is 5.75 Å². The van der Waals surface area contributed by atoms with Crippen molar-refractivity contribution in [3.05, 3.63) is 53.6 Å². The minimum absolute atomic E-state index is 0.0670. The summed E-state index contributed by atoms with van der Waals surface area (Å²) in [7, 11) is 2.81. The van der Waals surface area contributed by atoms with Gasteiger partial charge in [-0.2, -0.15) is 13.2 Å². The van der Waals surface area contributed by atoms with E-state index in [1.807, 2.05) is 0 Å². The fourth-order valence-corrected chi connectivity index (χ4v) is 3.90. The largest absolute Gasteiger partial charge is 0.493 e. The van der Waals surface area contributed by atoms with E-state index in [9.17, 15) is 32.7 Å². The minimum atomic E-state index is -4.63. The summed E-state index contributed by atoms with van der Waals surface area (Å²) in [6.45, 7) is 1.15. The van der Waals surface area contributed by atoms with Gasteiger partial charge in [0.05, 0.1) is 32.4 Å². The number of anilines is 1. The molecule has 8 nitrogen and oxygen atoms in total. The first-order valence-electron chi connectivity index (χ1n) is 10.3. The number of alkyl halides is 3. The second-order valence-corrected chi connectivity index (χ2v) is 7.58. The molecule has 1 N–H and O–H groups in total. The molecule has 1 saturated heterocycles. The highest BCUT2D eigenvalue weighted by molar-refractivity contribution is 6.12. The average Bonchev–Trinajstić information content (AvgIpc) is 2.80. The third-order valence-electron chi connectivity index (χ3n) is 5.61. The number of carbonyl (C=O) groups excluding carboxylic acids is 2. The van der Waals surface area contributed by atoms with E-state index in [2.05, 4.69) is 0 Å². The molecule has 1 aliphatic heterocycles. The maximum atomic E-state index is 13.5. The van der Waals surface area contributed by atoms with Gasteiger partial charge in [0.2, 0.25) is 5.91 Å². The van der Waals surface area contributed by atoms with E-state index in [1.54, 1.807) is 6.92 Å². The predicted molar refractivity (Wildman–Crippen MR) is 115 cm³/mol.